The number of hydrogen-bond donors (Lipinski definition) is 1. The van der Waals surface area contributed by atoms with Crippen LogP contribution in [0.2, 0.25) is 0 Å². The molecule has 1 aliphatic rings. The Bertz CT molecular complexity index is 912. The van der Waals surface area contributed by atoms with E-state index < -0.39 is 0 Å². The summed E-state index contributed by atoms with van der Waals surface area (Å²) in [6.07, 6.45) is 4.78. The number of hydrogen-bond acceptors (Lipinski definition) is 7. The number of thioether (sulfide) groups is 1. The van der Waals surface area contributed by atoms with E-state index in [4.69, 9.17) is 4.74 Å². The Hall–Kier alpha value is -2.38. The SMILES string of the molecule is CCCSc1nnc2c(n1)O[C@@H](/C=C/c1cccs1)Nc1ccccc1-2. The van der Waals surface area contributed by atoms with Gasteiger partial charge in [-0.25, -0.2) is 0 Å². The van der Waals surface area contributed by atoms with Crippen molar-refractivity contribution in [1.82, 2.24) is 15.2 Å². The zero-order valence-electron chi connectivity index (χ0n) is 14.3. The Labute approximate surface area is 160 Å². The number of nitrogens with zero attached hydrogens (tertiary/aromatic N) is 3. The Kier molecular flexibility index (Phi) is 5.17. The maximum absolute atomic E-state index is 6.14. The van der Waals surface area contributed by atoms with Gasteiger partial charge in [-0.1, -0.05) is 43.0 Å². The van der Waals surface area contributed by atoms with Crippen LogP contribution in [0.4, 0.5) is 5.69 Å². The monoisotopic (exact) mass is 382 g/mol. The minimum Gasteiger partial charge on any atom is -0.448 e. The maximum atomic E-state index is 6.14. The van der Waals surface area contributed by atoms with Gasteiger partial charge in [-0.2, -0.15) is 4.98 Å². The number of anilines is 1. The molecular weight excluding hydrogens is 364 g/mol. The number of ether oxygens (including phenoxy) is 1. The van der Waals surface area contributed by atoms with Gasteiger partial charge in [0.1, 0.15) is 0 Å². The van der Waals surface area contributed by atoms with Crippen LogP contribution in [0.3, 0.4) is 0 Å². The number of aromatic nitrogens is 3. The summed E-state index contributed by atoms with van der Waals surface area (Å²) < 4.78 is 6.14. The largest absolute Gasteiger partial charge is 0.448 e. The predicted octanol–water partition coefficient (Wildman–Crippen LogP) is 4.95. The minimum absolute atomic E-state index is 0.333. The lowest BCUT2D eigenvalue weighted by Crippen LogP contribution is -2.23. The number of fused-ring (bicyclic) bond motifs is 3. The summed E-state index contributed by atoms with van der Waals surface area (Å²) >= 11 is 3.28. The molecule has 132 valence electrons. The molecule has 0 saturated carbocycles. The number of rotatable bonds is 5. The van der Waals surface area contributed by atoms with E-state index in [2.05, 4.69) is 44.9 Å². The molecule has 0 radical (unpaired) electrons. The van der Waals surface area contributed by atoms with Crippen LogP contribution in [0.15, 0.2) is 53.0 Å². The van der Waals surface area contributed by atoms with Crippen LogP contribution in [0, 0.1) is 0 Å². The summed E-state index contributed by atoms with van der Waals surface area (Å²) in [7, 11) is 0. The van der Waals surface area contributed by atoms with Crippen molar-refractivity contribution in [2.45, 2.75) is 24.7 Å². The van der Waals surface area contributed by atoms with E-state index in [-0.39, 0.29) is 6.23 Å². The van der Waals surface area contributed by atoms with Gasteiger partial charge in [0, 0.05) is 21.9 Å². The van der Waals surface area contributed by atoms with Crippen LogP contribution in [-0.2, 0) is 0 Å². The van der Waals surface area contributed by atoms with E-state index in [1.807, 2.05) is 36.4 Å². The second kappa shape index (κ2) is 7.88. The van der Waals surface area contributed by atoms with E-state index in [0.29, 0.717) is 16.7 Å². The number of para-hydroxylation sites is 1. The number of benzene rings is 1. The van der Waals surface area contributed by atoms with Gasteiger partial charge in [-0.3, -0.25) is 0 Å². The second-order valence-corrected chi connectivity index (χ2v) is 7.74. The van der Waals surface area contributed by atoms with Gasteiger partial charge in [-0.05, 0) is 36.1 Å². The smallest absolute Gasteiger partial charge is 0.247 e. The lowest BCUT2D eigenvalue weighted by molar-refractivity contribution is 0.266. The quantitative estimate of drug-likeness (QED) is 0.630. The van der Waals surface area contributed by atoms with E-state index in [0.717, 1.165) is 23.4 Å². The molecule has 0 fully saturated rings. The van der Waals surface area contributed by atoms with Gasteiger partial charge in [0.2, 0.25) is 11.0 Å². The summed E-state index contributed by atoms with van der Waals surface area (Å²) in [5.41, 5.74) is 2.57. The van der Waals surface area contributed by atoms with Crippen molar-refractivity contribution in [3.63, 3.8) is 0 Å². The molecule has 5 nitrogen and oxygen atoms in total. The lowest BCUT2D eigenvalue weighted by Gasteiger charge is -2.15. The van der Waals surface area contributed by atoms with Crippen LogP contribution < -0.4 is 10.1 Å². The molecule has 2 aromatic heterocycles. The van der Waals surface area contributed by atoms with Crippen molar-refractivity contribution in [3.05, 3.63) is 52.7 Å². The molecule has 3 heterocycles. The lowest BCUT2D eigenvalue weighted by atomic mass is 10.1. The topological polar surface area (TPSA) is 59.9 Å². The van der Waals surface area contributed by atoms with Crippen molar-refractivity contribution in [3.8, 4) is 17.1 Å². The fourth-order valence-electron chi connectivity index (χ4n) is 2.58. The molecule has 0 saturated heterocycles. The van der Waals surface area contributed by atoms with Gasteiger partial charge in [-0.15, -0.1) is 21.5 Å². The molecule has 0 bridgehead atoms. The first-order valence-corrected chi connectivity index (χ1v) is 10.3. The highest BCUT2D eigenvalue weighted by molar-refractivity contribution is 7.99. The van der Waals surface area contributed by atoms with E-state index in [1.54, 1.807) is 23.1 Å². The fourth-order valence-corrected chi connectivity index (χ4v) is 3.84. The Morgan fingerprint density at radius 2 is 2.15 bits per heavy atom. The number of nitrogens with one attached hydrogen (secondary N) is 1. The van der Waals surface area contributed by atoms with E-state index in [9.17, 15) is 0 Å². The van der Waals surface area contributed by atoms with Gasteiger partial charge in [0.05, 0.1) is 0 Å². The summed E-state index contributed by atoms with van der Waals surface area (Å²) in [5, 5.41) is 14.8. The van der Waals surface area contributed by atoms with Gasteiger partial charge in [0.25, 0.3) is 0 Å². The highest BCUT2D eigenvalue weighted by atomic mass is 32.2. The average Bonchev–Trinajstić information content (AvgIpc) is 3.13. The molecule has 7 heteroatoms. The Morgan fingerprint density at radius 1 is 1.23 bits per heavy atom. The van der Waals surface area contributed by atoms with Gasteiger partial charge in [0.15, 0.2) is 11.9 Å². The highest BCUT2D eigenvalue weighted by Crippen LogP contribution is 2.36. The maximum Gasteiger partial charge on any atom is 0.247 e. The van der Waals surface area contributed by atoms with Crippen LogP contribution in [0.1, 0.15) is 18.2 Å². The molecule has 1 atom stereocenters. The zero-order chi connectivity index (χ0) is 17.8. The Balaban J connectivity index is 1.70. The summed E-state index contributed by atoms with van der Waals surface area (Å²) in [6, 6.07) is 12.1. The summed E-state index contributed by atoms with van der Waals surface area (Å²) in [6.45, 7) is 2.13. The summed E-state index contributed by atoms with van der Waals surface area (Å²) in [5.74, 6) is 1.47. The fraction of sp³-hybridized carbons (Fsp3) is 0.211. The third-order valence-corrected chi connectivity index (χ3v) is 5.65. The van der Waals surface area contributed by atoms with Crippen molar-refractivity contribution in [2.75, 3.05) is 11.1 Å². The molecule has 0 spiro atoms. The van der Waals surface area contributed by atoms with E-state index in [1.165, 1.54) is 4.88 Å². The van der Waals surface area contributed by atoms with Crippen molar-refractivity contribution >= 4 is 34.9 Å². The second-order valence-electron chi connectivity index (χ2n) is 5.70. The molecule has 1 aromatic carbocycles. The average molecular weight is 383 g/mol. The standard InChI is InChI=1S/C19H18N4OS2/c1-2-11-26-19-21-18-17(22-23-19)14-7-3-4-8-15(14)20-16(24-18)10-9-13-6-5-12-25-13/h3-10,12,16,20H,2,11H2,1H3/b10-9+/t16-/m0/s1. The molecule has 1 N–H and O–H groups in total. The van der Waals surface area contributed by atoms with Crippen LogP contribution in [-0.4, -0.2) is 27.2 Å². The first-order valence-electron chi connectivity index (χ1n) is 8.45. The molecule has 26 heavy (non-hydrogen) atoms. The molecular formula is C19H18N4OS2. The van der Waals surface area contributed by atoms with Gasteiger partial charge >= 0.3 is 0 Å². The highest BCUT2D eigenvalue weighted by Gasteiger charge is 2.23. The Morgan fingerprint density at radius 3 is 3.00 bits per heavy atom. The molecule has 0 unspecified atom stereocenters. The van der Waals surface area contributed by atoms with Crippen molar-refractivity contribution in [2.24, 2.45) is 0 Å². The molecule has 3 aromatic rings. The molecule has 0 amide bonds. The minimum atomic E-state index is -0.333. The molecule has 0 aliphatic carbocycles. The van der Waals surface area contributed by atoms with Gasteiger partial charge < -0.3 is 10.1 Å². The molecule has 4 rings (SSSR count). The van der Waals surface area contributed by atoms with Crippen LogP contribution >= 0.6 is 23.1 Å². The van der Waals surface area contributed by atoms with Crippen molar-refractivity contribution < 1.29 is 4.74 Å². The number of thiophene rings is 1. The zero-order valence-corrected chi connectivity index (χ0v) is 15.9. The first-order chi connectivity index (χ1) is 12.8. The first kappa shape index (κ1) is 17.1. The third-order valence-electron chi connectivity index (χ3n) is 3.77. The predicted molar refractivity (Wildman–Crippen MR) is 108 cm³/mol. The van der Waals surface area contributed by atoms with Crippen LogP contribution in [0.5, 0.6) is 5.88 Å². The van der Waals surface area contributed by atoms with Crippen LogP contribution in [0.25, 0.3) is 17.3 Å². The summed E-state index contributed by atoms with van der Waals surface area (Å²) in [4.78, 5) is 5.77. The molecule has 1 aliphatic heterocycles. The normalized spacial score (nSPS) is 15.7. The third kappa shape index (κ3) is 3.73. The van der Waals surface area contributed by atoms with E-state index >= 15 is 0 Å². The van der Waals surface area contributed by atoms with Crippen molar-refractivity contribution in [1.29, 1.82) is 0 Å².